The van der Waals surface area contributed by atoms with E-state index in [2.05, 4.69) is 20.1 Å². The fourth-order valence-electron chi connectivity index (χ4n) is 1.49. The summed E-state index contributed by atoms with van der Waals surface area (Å²) in [7, 11) is 3.30. The normalized spacial score (nSPS) is 13.2. The number of nitrogens with one attached hydrogen (secondary N) is 2. The number of esters is 2. The van der Waals surface area contributed by atoms with Crippen molar-refractivity contribution in [2.75, 3.05) is 34.4 Å². The van der Waals surface area contributed by atoms with Gasteiger partial charge in [0.05, 0.1) is 33.2 Å². The van der Waals surface area contributed by atoms with Crippen LogP contribution in [0.1, 0.15) is 12.8 Å². The van der Waals surface area contributed by atoms with Crippen molar-refractivity contribution in [1.82, 2.24) is 10.6 Å². The van der Waals surface area contributed by atoms with Crippen LogP contribution in [0.5, 0.6) is 0 Å². The summed E-state index contributed by atoms with van der Waals surface area (Å²) in [6.07, 6.45) is -6.48. The van der Waals surface area contributed by atoms with Gasteiger partial charge in [0.25, 0.3) is 5.91 Å². The van der Waals surface area contributed by atoms with Crippen LogP contribution < -0.4 is 10.6 Å². The smallest absolute Gasteiger partial charge is 0.325 e. The van der Waals surface area contributed by atoms with Gasteiger partial charge in [-0.05, 0) is 0 Å². The molecule has 0 rings (SSSR count). The van der Waals surface area contributed by atoms with Crippen molar-refractivity contribution in [3.63, 3.8) is 0 Å². The second-order valence-corrected chi connectivity index (χ2v) is 4.68. The van der Waals surface area contributed by atoms with Gasteiger partial charge in [-0.3, -0.25) is 19.2 Å². The summed E-state index contributed by atoms with van der Waals surface area (Å²) < 4.78 is 8.64. The second kappa shape index (κ2) is 15.0. The average Bonchev–Trinajstić information content (AvgIpc) is 2.65. The molecule has 2 amide bonds. The van der Waals surface area contributed by atoms with Gasteiger partial charge in [0.1, 0.15) is 12.6 Å². The van der Waals surface area contributed by atoms with E-state index in [-0.39, 0.29) is 13.0 Å². The monoisotopic (exact) mass is 382 g/mol. The Hall–Kier alpha value is -2.28. The standard InChI is InChI=1S/C13H22N2O9.CH4O/c1-23-9(18)3-4-14-13(22)12(21)11(20)7(16)5-8(17)15-6-10(19)24-2;1-2/h7,11-12,16,20-21H,3-6H2,1-2H3,(H,14,22)(H,15,17);2H,1H3/t7?,11-,12+;/m0./s1. The summed E-state index contributed by atoms with van der Waals surface area (Å²) in [6.45, 7) is -0.556. The summed E-state index contributed by atoms with van der Waals surface area (Å²) >= 11 is 0. The molecule has 0 aromatic heterocycles. The Bertz CT molecular complexity index is 457. The van der Waals surface area contributed by atoms with Gasteiger partial charge in [-0.15, -0.1) is 0 Å². The molecule has 0 saturated carbocycles. The SMILES string of the molecule is CO.COC(=O)CCNC(=O)[C@H](O)[C@@H](O)C(O)CC(=O)NCC(=O)OC. The predicted octanol–water partition coefficient (Wildman–Crippen LogP) is -3.96. The zero-order valence-corrected chi connectivity index (χ0v) is 14.8. The van der Waals surface area contributed by atoms with Crippen LogP contribution in [-0.4, -0.2) is 96.9 Å². The van der Waals surface area contributed by atoms with Crippen molar-refractivity contribution in [3.05, 3.63) is 0 Å². The summed E-state index contributed by atoms with van der Waals surface area (Å²) in [4.78, 5) is 44.7. The Morgan fingerprint density at radius 2 is 1.46 bits per heavy atom. The summed E-state index contributed by atoms with van der Waals surface area (Å²) in [5, 5.41) is 40.2. The first-order valence-corrected chi connectivity index (χ1v) is 7.39. The Morgan fingerprint density at radius 3 is 1.96 bits per heavy atom. The van der Waals surface area contributed by atoms with Crippen LogP contribution in [0.3, 0.4) is 0 Å². The highest BCUT2D eigenvalue weighted by Gasteiger charge is 2.31. The van der Waals surface area contributed by atoms with Crippen molar-refractivity contribution in [1.29, 1.82) is 0 Å². The molecule has 0 aromatic rings. The second-order valence-electron chi connectivity index (χ2n) is 4.68. The summed E-state index contributed by atoms with van der Waals surface area (Å²) in [6, 6.07) is 0. The van der Waals surface area contributed by atoms with Crippen molar-refractivity contribution in [3.8, 4) is 0 Å². The number of carbonyl (C=O) groups is 4. The van der Waals surface area contributed by atoms with Crippen LogP contribution in [0, 0.1) is 0 Å². The van der Waals surface area contributed by atoms with Gasteiger partial charge in [0, 0.05) is 13.7 Å². The van der Waals surface area contributed by atoms with Gasteiger partial charge < -0.3 is 40.5 Å². The van der Waals surface area contributed by atoms with E-state index in [0.717, 1.165) is 14.2 Å². The molecule has 0 aromatic carbocycles. The van der Waals surface area contributed by atoms with Gasteiger partial charge in [-0.2, -0.15) is 0 Å². The van der Waals surface area contributed by atoms with E-state index in [4.69, 9.17) is 5.11 Å². The average molecular weight is 382 g/mol. The maximum atomic E-state index is 11.6. The minimum Gasteiger partial charge on any atom is -0.469 e. The van der Waals surface area contributed by atoms with Crippen LogP contribution in [-0.2, 0) is 28.7 Å². The van der Waals surface area contributed by atoms with Crippen LogP contribution in [0.2, 0.25) is 0 Å². The third-order valence-electron chi connectivity index (χ3n) is 2.89. The van der Waals surface area contributed by atoms with E-state index in [1.54, 1.807) is 0 Å². The number of hydrogen-bond donors (Lipinski definition) is 6. The number of aliphatic hydroxyl groups is 4. The molecule has 152 valence electrons. The van der Waals surface area contributed by atoms with E-state index < -0.39 is 55.0 Å². The fraction of sp³-hybridized carbons (Fsp3) is 0.714. The van der Waals surface area contributed by atoms with Crippen molar-refractivity contribution < 1.29 is 49.1 Å². The molecular weight excluding hydrogens is 356 g/mol. The molecule has 12 heteroatoms. The first kappa shape index (κ1) is 26.0. The van der Waals surface area contributed by atoms with Crippen LogP contribution in [0.15, 0.2) is 0 Å². The lowest BCUT2D eigenvalue weighted by Crippen LogP contribution is -2.49. The maximum Gasteiger partial charge on any atom is 0.325 e. The van der Waals surface area contributed by atoms with Gasteiger partial charge >= 0.3 is 11.9 Å². The molecule has 0 saturated heterocycles. The van der Waals surface area contributed by atoms with Crippen LogP contribution >= 0.6 is 0 Å². The van der Waals surface area contributed by atoms with E-state index in [1.165, 1.54) is 7.11 Å². The van der Waals surface area contributed by atoms with E-state index in [1.807, 2.05) is 0 Å². The Balaban J connectivity index is 0. The molecule has 0 spiro atoms. The molecule has 0 aliphatic heterocycles. The highest BCUT2D eigenvalue weighted by atomic mass is 16.5. The Kier molecular flexibility index (Phi) is 15.0. The van der Waals surface area contributed by atoms with Crippen molar-refractivity contribution in [2.24, 2.45) is 0 Å². The molecule has 6 N–H and O–H groups in total. The third kappa shape index (κ3) is 11.3. The van der Waals surface area contributed by atoms with E-state index >= 15 is 0 Å². The minimum absolute atomic E-state index is 0.134. The quantitative estimate of drug-likeness (QED) is 0.203. The molecule has 0 aliphatic carbocycles. The minimum atomic E-state index is -2.01. The Morgan fingerprint density at radius 1 is 0.923 bits per heavy atom. The number of methoxy groups -OCH3 is 2. The van der Waals surface area contributed by atoms with Gasteiger partial charge in [-0.1, -0.05) is 0 Å². The fourth-order valence-corrected chi connectivity index (χ4v) is 1.49. The van der Waals surface area contributed by atoms with Crippen LogP contribution in [0.4, 0.5) is 0 Å². The number of ether oxygens (including phenoxy) is 2. The van der Waals surface area contributed by atoms with Gasteiger partial charge in [-0.25, -0.2) is 0 Å². The summed E-state index contributed by atoms with van der Waals surface area (Å²) in [5.74, 6) is -3.10. The molecule has 26 heavy (non-hydrogen) atoms. The zero-order valence-electron chi connectivity index (χ0n) is 14.8. The number of rotatable bonds is 10. The van der Waals surface area contributed by atoms with Crippen molar-refractivity contribution in [2.45, 2.75) is 31.2 Å². The highest BCUT2D eigenvalue weighted by Crippen LogP contribution is 2.05. The number of carbonyl (C=O) groups excluding carboxylic acids is 4. The summed E-state index contributed by atoms with van der Waals surface area (Å²) in [5.41, 5.74) is 0. The zero-order chi connectivity index (χ0) is 20.7. The van der Waals surface area contributed by atoms with Gasteiger partial charge in [0.2, 0.25) is 5.91 Å². The first-order valence-electron chi connectivity index (χ1n) is 7.39. The largest absolute Gasteiger partial charge is 0.469 e. The lowest BCUT2D eigenvalue weighted by molar-refractivity contribution is -0.145. The van der Waals surface area contributed by atoms with E-state index in [0.29, 0.717) is 0 Å². The molecule has 0 heterocycles. The molecule has 0 aliphatic rings. The highest BCUT2D eigenvalue weighted by molar-refractivity contribution is 5.83. The lowest BCUT2D eigenvalue weighted by atomic mass is 10.0. The Labute approximate surface area is 150 Å². The number of aliphatic hydroxyl groups excluding tert-OH is 4. The molecule has 0 bridgehead atoms. The topological polar surface area (TPSA) is 192 Å². The predicted molar refractivity (Wildman–Crippen MR) is 85.4 cm³/mol. The van der Waals surface area contributed by atoms with Crippen LogP contribution in [0.25, 0.3) is 0 Å². The van der Waals surface area contributed by atoms with Gasteiger partial charge in [0.15, 0.2) is 6.10 Å². The molecule has 0 radical (unpaired) electrons. The molecular formula is C14H26N2O10. The maximum absolute atomic E-state index is 11.6. The first-order chi connectivity index (χ1) is 12.2. The molecule has 0 fully saturated rings. The number of amides is 2. The molecule has 1 unspecified atom stereocenters. The van der Waals surface area contributed by atoms with Crippen molar-refractivity contribution >= 4 is 23.8 Å². The lowest BCUT2D eigenvalue weighted by Gasteiger charge is -2.22. The third-order valence-corrected chi connectivity index (χ3v) is 2.89. The molecule has 3 atom stereocenters. The molecule has 12 nitrogen and oxygen atoms in total. The van der Waals surface area contributed by atoms with E-state index in [9.17, 15) is 34.5 Å². The number of hydrogen-bond acceptors (Lipinski definition) is 10.